The van der Waals surface area contributed by atoms with Crippen LogP contribution in [0.25, 0.3) is 0 Å². The molecule has 2 unspecified atom stereocenters. The van der Waals surface area contributed by atoms with Crippen molar-refractivity contribution in [1.29, 1.82) is 0 Å². The van der Waals surface area contributed by atoms with Crippen molar-refractivity contribution >= 4 is 11.8 Å². The lowest BCUT2D eigenvalue weighted by molar-refractivity contribution is -0.125. The van der Waals surface area contributed by atoms with Gasteiger partial charge in [0.25, 0.3) is 5.91 Å². The van der Waals surface area contributed by atoms with Crippen molar-refractivity contribution in [3.63, 3.8) is 0 Å². The van der Waals surface area contributed by atoms with Crippen molar-refractivity contribution in [1.82, 2.24) is 15.1 Å². The predicted molar refractivity (Wildman–Crippen MR) is 151 cm³/mol. The Morgan fingerprint density at radius 1 is 1.11 bits per heavy atom. The van der Waals surface area contributed by atoms with Crippen LogP contribution < -0.4 is 15.8 Å². The van der Waals surface area contributed by atoms with E-state index in [2.05, 4.69) is 55.3 Å². The average molecular weight is 521 g/mol. The first-order chi connectivity index (χ1) is 18.2. The summed E-state index contributed by atoms with van der Waals surface area (Å²) in [4.78, 5) is 31.7. The molecule has 0 radical (unpaired) electrons. The maximum Gasteiger partial charge on any atom is 0.254 e. The summed E-state index contributed by atoms with van der Waals surface area (Å²) in [5.41, 5.74) is 9.10. The molecule has 206 valence electrons. The Kier molecular flexibility index (Phi) is 9.44. The van der Waals surface area contributed by atoms with E-state index in [-0.39, 0.29) is 29.9 Å². The Balaban J connectivity index is 1.57. The molecule has 1 saturated carbocycles. The second-order valence-corrected chi connectivity index (χ2v) is 11.5. The summed E-state index contributed by atoms with van der Waals surface area (Å²) in [6.07, 6.45) is 4.23. The molecule has 0 bridgehead atoms. The van der Waals surface area contributed by atoms with Crippen LogP contribution in [0.1, 0.15) is 67.4 Å². The molecule has 0 spiro atoms. The zero-order valence-corrected chi connectivity index (χ0v) is 23.4. The minimum Gasteiger partial charge on any atom is -0.497 e. The number of nitrogens with one attached hydrogen (secondary N) is 1. The lowest BCUT2D eigenvalue weighted by atomic mass is 9.91. The molecule has 0 aromatic heterocycles. The fourth-order valence-corrected chi connectivity index (χ4v) is 5.77. The highest BCUT2D eigenvalue weighted by molar-refractivity contribution is 5.98. The zero-order chi connectivity index (χ0) is 27.2. The fourth-order valence-electron chi connectivity index (χ4n) is 5.77. The summed E-state index contributed by atoms with van der Waals surface area (Å²) in [6, 6.07) is 15.8. The largest absolute Gasteiger partial charge is 0.497 e. The van der Waals surface area contributed by atoms with Crippen molar-refractivity contribution in [2.24, 2.45) is 11.7 Å². The van der Waals surface area contributed by atoms with E-state index in [4.69, 9.17) is 10.5 Å². The molecule has 7 nitrogen and oxygen atoms in total. The van der Waals surface area contributed by atoms with Gasteiger partial charge in [0.15, 0.2) is 0 Å². The Hall–Kier alpha value is -2.90. The van der Waals surface area contributed by atoms with E-state index >= 15 is 0 Å². The Bertz CT molecular complexity index is 1080. The molecule has 4 rings (SSSR count). The van der Waals surface area contributed by atoms with E-state index in [1.165, 1.54) is 11.1 Å². The topological polar surface area (TPSA) is 87.9 Å². The molecule has 1 aliphatic heterocycles. The number of benzene rings is 2. The molecule has 2 aromatic carbocycles. The highest BCUT2D eigenvalue weighted by atomic mass is 16.5. The average Bonchev–Trinajstić information content (AvgIpc) is 3.36. The van der Waals surface area contributed by atoms with Gasteiger partial charge in [-0.1, -0.05) is 49.7 Å². The number of hydrogen-bond acceptors (Lipinski definition) is 5. The Morgan fingerprint density at radius 2 is 1.82 bits per heavy atom. The summed E-state index contributed by atoms with van der Waals surface area (Å²) in [5.74, 6) is 0.912. The first-order valence-corrected chi connectivity index (χ1v) is 14.0. The van der Waals surface area contributed by atoms with Gasteiger partial charge in [0, 0.05) is 43.3 Å². The molecule has 2 atom stereocenters. The first kappa shape index (κ1) is 28.1. The Labute approximate surface area is 227 Å². The normalized spacial score (nSPS) is 23.6. The highest BCUT2D eigenvalue weighted by Crippen LogP contribution is 2.28. The monoisotopic (exact) mass is 520 g/mol. The van der Waals surface area contributed by atoms with Crippen LogP contribution in [-0.2, 0) is 11.3 Å². The lowest BCUT2D eigenvalue weighted by Gasteiger charge is -2.30. The molecular weight excluding hydrogens is 476 g/mol. The molecule has 7 heteroatoms. The van der Waals surface area contributed by atoms with E-state index in [0.29, 0.717) is 30.2 Å². The van der Waals surface area contributed by atoms with Gasteiger partial charge in [-0.3, -0.25) is 14.5 Å². The van der Waals surface area contributed by atoms with Gasteiger partial charge >= 0.3 is 0 Å². The quantitative estimate of drug-likeness (QED) is 0.519. The maximum atomic E-state index is 13.8. The van der Waals surface area contributed by atoms with Gasteiger partial charge in [-0.2, -0.15) is 0 Å². The number of hydrogen-bond donors (Lipinski definition) is 2. The predicted octanol–water partition coefficient (Wildman–Crippen LogP) is 4.13. The van der Waals surface area contributed by atoms with Crippen LogP contribution in [0.5, 0.6) is 5.75 Å². The van der Waals surface area contributed by atoms with E-state index in [0.717, 1.165) is 38.8 Å². The van der Waals surface area contributed by atoms with Gasteiger partial charge in [-0.15, -0.1) is 0 Å². The number of nitrogens with zero attached hydrogens (tertiary/aromatic N) is 2. The fraction of sp³-hybridized carbons (Fsp3) is 0.548. The van der Waals surface area contributed by atoms with Crippen molar-refractivity contribution < 1.29 is 14.3 Å². The molecule has 1 saturated heterocycles. The van der Waals surface area contributed by atoms with Crippen LogP contribution >= 0.6 is 0 Å². The zero-order valence-electron chi connectivity index (χ0n) is 23.4. The van der Waals surface area contributed by atoms with Crippen molar-refractivity contribution in [3.05, 3.63) is 65.2 Å². The summed E-state index contributed by atoms with van der Waals surface area (Å²) in [6.45, 7) is 8.73. The lowest BCUT2D eigenvalue weighted by Crippen LogP contribution is -2.50. The number of amides is 2. The van der Waals surface area contributed by atoms with E-state index in [9.17, 15) is 9.59 Å². The van der Waals surface area contributed by atoms with Crippen LogP contribution in [0.2, 0.25) is 0 Å². The van der Waals surface area contributed by atoms with Gasteiger partial charge in [-0.25, -0.2) is 0 Å². The van der Waals surface area contributed by atoms with Gasteiger partial charge < -0.3 is 20.7 Å². The summed E-state index contributed by atoms with van der Waals surface area (Å²) in [5, 5.41) is 3.26. The minimum atomic E-state index is -0.512. The van der Waals surface area contributed by atoms with E-state index < -0.39 is 6.04 Å². The van der Waals surface area contributed by atoms with Crippen molar-refractivity contribution in [3.8, 4) is 5.75 Å². The van der Waals surface area contributed by atoms with Crippen LogP contribution in [-0.4, -0.2) is 66.0 Å². The molecule has 3 N–H and O–H groups in total. The SMILES string of the molecule is COc1cccc(C(=O)N2CC(N(Cc3ccc(C)cc3)CC(C)C)CC2C(=O)NC2CCC(N)CC2)c1. The maximum absolute atomic E-state index is 13.8. The minimum absolute atomic E-state index is 0.0518. The van der Waals surface area contributed by atoms with Gasteiger partial charge in [-0.05, 0) is 68.7 Å². The summed E-state index contributed by atoms with van der Waals surface area (Å²) in [7, 11) is 1.59. The Morgan fingerprint density at radius 3 is 2.47 bits per heavy atom. The molecule has 1 heterocycles. The number of aryl methyl sites for hydroxylation is 1. The van der Waals surface area contributed by atoms with Gasteiger partial charge in [0.2, 0.25) is 5.91 Å². The molecule has 2 fully saturated rings. The number of methoxy groups -OCH3 is 1. The van der Waals surface area contributed by atoms with Crippen LogP contribution in [0.4, 0.5) is 0 Å². The second kappa shape index (κ2) is 12.8. The number of nitrogens with two attached hydrogens (primary N) is 1. The number of ether oxygens (including phenoxy) is 1. The van der Waals surface area contributed by atoms with E-state index in [1.54, 1.807) is 24.1 Å². The molecule has 1 aliphatic carbocycles. The number of carbonyl (C=O) groups excluding carboxylic acids is 2. The van der Waals surface area contributed by atoms with Crippen LogP contribution in [0.15, 0.2) is 48.5 Å². The number of rotatable bonds is 9. The standard InChI is InChI=1S/C31H44N4O3/c1-21(2)18-34(19-23-10-8-22(3)9-11-23)27-17-29(30(36)33-26-14-12-25(32)13-15-26)35(20-27)31(37)24-6-5-7-28(16-24)38-4/h5-11,16,21,25-27,29H,12-15,17-20,32H2,1-4H3,(H,33,36). The molecule has 38 heavy (non-hydrogen) atoms. The van der Waals surface area contributed by atoms with Crippen LogP contribution in [0.3, 0.4) is 0 Å². The van der Waals surface area contributed by atoms with Crippen LogP contribution in [0, 0.1) is 12.8 Å². The van der Waals surface area contributed by atoms with Crippen molar-refractivity contribution in [2.75, 3.05) is 20.2 Å². The smallest absolute Gasteiger partial charge is 0.254 e. The second-order valence-electron chi connectivity index (χ2n) is 11.5. The molecule has 2 aliphatic rings. The third kappa shape index (κ3) is 7.14. The third-order valence-corrected chi connectivity index (χ3v) is 7.90. The van der Waals surface area contributed by atoms with Crippen molar-refractivity contribution in [2.45, 2.75) is 83.6 Å². The first-order valence-electron chi connectivity index (χ1n) is 14.0. The van der Waals surface area contributed by atoms with Gasteiger partial charge in [0.1, 0.15) is 11.8 Å². The summed E-state index contributed by atoms with van der Waals surface area (Å²) < 4.78 is 5.36. The third-order valence-electron chi connectivity index (χ3n) is 7.90. The van der Waals surface area contributed by atoms with E-state index in [1.807, 2.05) is 12.1 Å². The highest BCUT2D eigenvalue weighted by Gasteiger charge is 2.42. The molecule has 2 amide bonds. The number of carbonyl (C=O) groups is 2. The summed E-state index contributed by atoms with van der Waals surface area (Å²) >= 11 is 0. The molecular formula is C31H44N4O3. The van der Waals surface area contributed by atoms with Gasteiger partial charge in [0.05, 0.1) is 7.11 Å². The number of likely N-dealkylation sites (tertiary alicyclic amines) is 1. The molecule has 2 aromatic rings.